The van der Waals surface area contributed by atoms with E-state index in [2.05, 4.69) is 31.4 Å². The zero-order valence-electron chi connectivity index (χ0n) is 11.0. The van der Waals surface area contributed by atoms with E-state index >= 15 is 0 Å². The fraction of sp³-hybridized carbons (Fsp3) is 0.133. The SMILES string of the molecule is CC/C(=N/NC(=O)c1ccccn1)c1ccc(Br)cc1. The molecule has 2 aromatic rings. The molecule has 0 unspecified atom stereocenters. The van der Waals surface area contributed by atoms with Crippen LogP contribution in [0.25, 0.3) is 0 Å². The van der Waals surface area contributed by atoms with Crippen LogP contribution in [-0.4, -0.2) is 16.6 Å². The summed E-state index contributed by atoms with van der Waals surface area (Å²) in [6, 6.07) is 13.0. The zero-order chi connectivity index (χ0) is 14.4. The Morgan fingerprint density at radius 3 is 2.60 bits per heavy atom. The number of aromatic nitrogens is 1. The molecular formula is C15H14BrN3O. The van der Waals surface area contributed by atoms with E-state index in [0.29, 0.717) is 5.69 Å². The van der Waals surface area contributed by atoms with Crippen LogP contribution in [0.3, 0.4) is 0 Å². The molecule has 0 saturated heterocycles. The molecule has 102 valence electrons. The van der Waals surface area contributed by atoms with E-state index < -0.39 is 0 Å². The van der Waals surface area contributed by atoms with Gasteiger partial charge in [0, 0.05) is 10.7 Å². The lowest BCUT2D eigenvalue weighted by molar-refractivity contribution is 0.0950. The molecule has 0 aliphatic rings. The van der Waals surface area contributed by atoms with Crippen LogP contribution in [0.15, 0.2) is 58.2 Å². The van der Waals surface area contributed by atoms with Gasteiger partial charge in [-0.05, 0) is 36.2 Å². The maximum absolute atomic E-state index is 11.9. The summed E-state index contributed by atoms with van der Waals surface area (Å²) < 4.78 is 1.01. The molecule has 0 fully saturated rings. The number of halogens is 1. The van der Waals surface area contributed by atoms with Crippen LogP contribution >= 0.6 is 15.9 Å². The van der Waals surface area contributed by atoms with Crippen LogP contribution in [0.2, 0.25) is 0 Å². The predicted octanol–water partition coefficient (Wildman–Crippen LogP) is 3.39. The topological polar surface area (TPSA) is 54.4 Å². The summed E-state index contributed by atoms with van der Waals surface area (Å²) in [5.74, 6) is -0.311. The van der Waals surface area contributed by atoms with Gasteiger partial charge in [0.2, 0.25) is 0 Å². The molecule has 5 heteroatoms. The van der Waals surface area contributed by atoms with Crippen molar-refractivity contribution >= 4 is 27.5 Å². The number of carbonyl (C=O) groups excluding carboxylic acids is 1. The Kier molecular flexibility index (Phi) is 5.01. The van der Waals surface area contributed by atoms with Gasteiger partial charge in [-0.2, -0.15) is 5.10 Å². The molecule has 20 heavy (non-hydrogen) atoms. The third kappa shape index (κ3) is 3.74. The fourth-order valence-electron chi connectivity index (χ4n) is 1.66. The Morgan fingerprint density at radius 1 is 1.25 bits per heavy atom. The minimum absolute atomic E-state index is 0.311. The van der Waals surface area contributed by atoms with Crippen LogP contribution in [0, 0.1) is 0 Å². The third-order valence-corrected chi connectivity index (χ3v) is 3.23. The minimum Gasteiger partial charge on any atom is -0.266 e. The van der Waals surface area contributed by atoms with Crippen molar-refractivity contribution in [3.05, 3.63) is 64.4 Å². The first-order chi connectivity index (χ1) is 9.70. The van der Waals surface area contributed by atoms with Gasteiger partial charge in [0.25, 0.3) is 5.91 Å². The average Bonchev–Trinajstić information content (AvgIpc) is 2.50. The number of benzene rings is 1. The smallest absolute Gasteiger partial charge is 0.266 e. The molecule has 0 spiro atoms. The van der Waals surface area contributed by atoms with Gasteiger partial charge in [0.15, 0.2) is 0 Å². The zero-order valence-corrected chi connectivity index (χ0v) is 12.6. The van der Waals surface area contributed by atoms with E-state index in [1.807, 2.05) is 31.2 Å². The Hall–Kier alpha value is -2.01. The van der Waals surface area contributed by atoms with E-state index in [-0.39, 0.29) is 5.91 Å². The molecule has 0 radical (unpaired) electrons. The Bertz CT molecular complexity index is 609. The number of hydrogen-bond acceptors (Lipinski definition) is 3. The van der Waals surface area contributed by atoms with Gasteiger partial charge in [-0.3, -0.25) is 9.78 Å². The molecule has 2 rings (SSSR count). The maximum Gasteiger partial charge on any atom is 0.289 e. The summed E-state index contributed by atoms with van der Waals surface area (Å²) >= 11 is 3.39. The van der Waals surface area contributed by atoms with Crippen molar-refractivity contribution in [1.29, 1.82) is 0 Å². The molecule has 0 aliphatic carbocycles. The molecule has 0 bridgehead atoms. The highest BCUT2D eigenvalue weighted by atomic mass is 79.9. The minimum atomic E-state index is -0.311. The number of hydrogen-bond donors (Lipinski definition) is 1. The monoisotopic (exact) mass is 331 g/mol. The van der Waals surface area contributed by atoms with Crippen molar-refractivity contribution in [3.63, 3.8) is 0 Å². The largest absolute Gasteiger partial charge is 0.289 e. The molecule has 0 aliphatic heterocycles. The van der Waals surface area contributed by atoms with E-state index in [9.17, 15) is 4.79 Å². The molecule has 1 N–H and O–H groups in total. The summed E-state index contributed by atoms with van der Waals surface area (Å²) in [6.07, 6.45) is 2.30. The van der Waals surface area contributed by atoms with Gasteiger partial charge in [-0.1, -0.05) is 41.1 Å². The van der Waals surface area contributed by atoms with Crippen molar-refractivity contribution in [3.8, 4) is 0 Å². The molecule has 1 heterocycles. The second-order valence-corrected chi connectivity index (χ2v) is 4.99. The first-order valence-electron chi connectivity index (χ1n) is 6.24. The second-order valence-electron chi connectivity index (χ2n) is 4.07. The van der Waals surface area contributed by atoms with Crippen molar-refractivity contribution < 1.29 is 4.79 Å². The lowest BCUT2D eigenvalue weighted by Crippen LogP contribution is -2.20. The van der Waals surface area contributed by atoms with Crippen LogP contribution in [0.4, 0.5) is 0 Å². The predicted molar refractivity (Wildman–Crippen MR) is 82.7 cm³/mol. The highest BCUT2D eigenvalue weighted by Gasteiger charge is 2.06. The molecule has 1 amide bonds. The van der Waals surface area contributed by atoms with Crippen molar-refractivity contribution in [2.24, 2.45) is 5.10 Å². The normalized spacial score (nSPS) is 11.2. The van der Waals surface area contributed by atoms with Gasteiger partial charge in [-0.15, -0.1) is 0 Å². The highest BCUT2D eigenvalue weighted by Crippen LogP contribution is 2.12. The number of rotatable bonds is 4. The Labute approximate surface area is 126 Å². The van der Waals surface area contributed by atoms with Crippen molar-refractivity contribution in [2.75, 3.05) is 0 Å². The summed E-state index contributed by atoms with van der Waals surface area (Å²) in [4.78, 5) is 15.8. The Balaban J connectivity index is 2.12. The standard InChI is InChI=1S/C15H14BrN3O/c1-2-13(11-6-8-12(16)9-7-11)18-19-15(20)14-5-3-4-10-17-14/h3-10H,2H2,1H3,(H,19,20)/b18-13-. The highest BCUT2D eigenvalue weighted by molar-refractivity contribution is 9.10. The third-order valence-electron chi connectivity index (χ3n) is 2.70. The maximum atomic E-state index is 11.9. The van der Waals surface area contributed by atoms with E-state index in [0.717, 1.165) is 22.2 Å². The molecule has 0 saturated carbocycles. The summed E-state index contributed by atoms with van der Waals surface area (Å²) in [5, 5.41) is 4.18. The molecule has 1 aromatic carbocycles. The van der Waals surface area contributed by atoms with Crippen LogP contribution in [0.1, 0.15) is 29.4 Å². The quantitative estimate of drug-likeness (QED) is 0.689. The number of hydrazone groups is 1. The summed E-state index contributed by atoms with van der Waals surface area (Å²) in [5.41, 5.74) is 4.69. The summed E-state index contributed by atoms with van der Waals surface area (Å²) in [7, 11) is 0. The first kappa shape index (κ1) is 14.4. The van der Waals surface area contributed by atoms with Crippen molar-refractivity contribution in [2.45, 2.75) is 13.3 Å². The van der Waals surface area contributed by atoms with Crippen LogP contribution < -0.4 is 5.43 Å². The summed E-state index contributed by atoms with van der Waals surface area (Å²) in [6.45, 7) is 1.99. The van der Waals surface area contributed by atoms with Crippen LogP contribution in [-0.2, 0) is 0 Å². The van der Waals surface area contributed by atoms with Gasteiger partial charge in [0.1, 0.15) is 5.69 Å². The molecular weight excluding hydrogens is 318 g/mol. The average molecular weight is 332 g/mol. The molecule has 4 nitrogen and oxygen atoms in total. The fourth-order valence-corrected chi connectivity index (χ4v) is 1.93. The number of nitrogens with zero attached hydrogens (tertiary/aromatic N) is 2. The number of nitrogens with one attached hydrogen (secondary N) is 1. The number of carbonyl (C=O) groups is 1. The second kappa shape index (κ2) is 6.96. The van der Waals surface area contributed by atoms with Crippen LogP contribution in [0.5, 0.6) is 0 Å². The van der Waals surface area contributed by atoms with E-state index in [1.54, 1.807) is 24.4 Å². The van der Waals surface area contributed by atoms with Gasteiger partial charge in [0.05, 0.1) is 5.71 Å². The lowest BCUT2D eigenvalue weighted by atomic mass is 10.1. The number of pyridine rings is 1. The van der Waals surface area contributed by atoms with E-state index in [4.69, 9.17) is 0 Å². The molecule has 1 aromatic heterocycles. The number of amides is 1. The molecule has 0 atom stereocenters. The van der Waals surface area contributed by atoms with E-state index in [1.165, 1.54) is 0 Å². The Morgan fingerprint density at radius 2 is 2.00 bits per heavy atom. The van der Waals surface area contributed by atoms with Gasteiger partial charge < -0.3 is 0 Å². The van der Waals surface area contributed by atoms with Gasteiger partial charge in [-0.25, -0.2) is 5.43 Å². The lowest BCUT2D eigenvalue weighted by Gasteiger charge is -2.05. The first-order valence-corrected chi connectivity index (χ1v) is 7.04. The van der Waals surface area contributed by atoms with Gasteiger partial charge >= 0.3 is 0 Å². The van der Waals surface area contributed by atoms with Crippen molar-refractivity contribution in [1.82, 2.24) is 10.4 Å².